The molecular formula is C15H14BrN3OS. The van der Waals surface area contributed by atoms with Gasteiger partial charge in [0.1, 0.15) is 29.3 Å². The smallest absolute Gasteiger partial charge is 0.138 e. The van der Waals surface area contributed by atoms with Crippen molar-refractivity contribution in [1.29, 1.82) is 0 Å². The van der Waals surface area contributed by atoms with Crippen LogP contribution in [0.1, 0.15) is 4.88 Å². The number of nitrogens with one attached hydrogen (secondary N) is 1. The fourth-order valence-corrected chi connectivity index (χ4v) is 3.24. The number of ether oxygens (including phenoxy) is 1. The zero-order valence-electron chi connectivity index (χ0n) is 11.5. The van der Waals surface area contributed by atoms with E-state index < -0.39 is 0 Å². The van der Waals surface area contributed by atoms with Crippen molar-refractivity contribution < 1.29 is 4.74 Å². The zero-order chi connectivity index (χ0) is 14.7. The van der Waals surface area contributed by atoms with E-state index in [0.717, 1.165) is 26.3 Å². The van der Waals surface area contributed by atoms with Crippen molar-refractivity contribution in [2.45, 2.75) is 6.92 Å². The second-order valence-corrected chi connectivity index (χ2v) is 6.68. The number of rotatable bonds is 5. The Morgan fingerprint density at radius 2 is 2.19 bits per heavy atom. The molecule has 0 atom stereocenters. The Balaban J connectivity index is 1.59. The number of aromatic nitrogens is 2. The molecule has 1 aromatic carbocycles. The molecule has 2 aromatic heterocycles. The summed E-state index contributed by atoms with van der Waals surface area (Å²) in [5, 5.41) is 4.38. The van der Waals surface area contributed by atoms with Crippen LogP contribution in [0.15, 0.2) is 41.1 Å². The first-order chi connectivity index (χ1) is 10.2. The Morgan fingerprint density at radius 3 is 3.05 bits per heavy atom. The molecule has 4 nitrogen and oxygen atoms in total. The number of benzene rings is 1. The summed E-state index contributed by atoms with van der Waals surface area (Å²) in [5.74, 6) is 1.72. The number of nitrogens with zero attached hydrogens (tertiary/aromatic N) is 2. The molecule has 1 N–H and O–H groups in total. The van der Waals surface area contributed by atoms with Crippen molar-refractivity contribution in [2.75, 3.05) is 18.5 Å². The number of aryl methyl sites for hydroxylation is 1. The van der Waals surface area contributed by atoms with Crippen molar-refractivity contribution in [2.24, 2.45) is 0 Å². The standard InChI is InChI=1S/C15H14BrN3OS/c1-10-7-13-14(18-9-19-15(13)21-10)17-5-6-20-12-4-2-3-11(16)8-12/h2-4,7-9H,5-6H2,1H3,(H,17,18,19). The molecule has 0 bridgehead atoms. The van der Waals surface area contributed by atoms with Gasteiger partial charge in [-0.25, -0.2) is 9.97 Å². The number of anilines is 1. The van der Waals surface area contributed by atoms with E-state index in [0.29, 0.717) is 13.2 Å². The van der Waals surface area contributed by atoms with Crippen LogP contribution < -0.4 is 10.1 Å². The molecule has 6 heteroatoms. The van der Waals surface area contributed by atoms with Gasteiger partial charge in [0.25, 0.3) is 0 Å². The summed E-state index contributed by atoms with van der Waals surface area (Å²) in [6, 6.07) is 9.93. The second kappa shape index (κ2) is 6.41. The van der Waals surface area contributed by atoms with Gasteiger partial charge in [0, 0.05) is 9.35 Å². The Morgan fingerprint density at radius 1 is 1.29 bits per heavy atom. The summed E-state index contributed by atoms with van der Waals surface area (Å²) in [5.41, 5.74) is 0. The number of hydrogen-bond acceptors (Lipinski definition) is 5. The fraction of sp³-hybridized carbons (Fsp3) is 0.200. The first-order valence-electron chi connectivity index (χ1n) is 6.56. The van der Waals surface area contributed by atoms with Crippen LogP contribution in [0, 0.1) is 6.92 Å². The van der Waals surface area contributed by atoms with Crippen LogP contribution in [-0.2, 0) is 0 Å². The van der Waals surface area contributed by atoms with Crippen LogP contribution in [0.4, 0.5) is 5.82 Å². The molecule has 0 aliphatic carbocycles. The van der Waals surface area contributed by atoms with E-state index in [1.165, 1.54) is 4.88 Å². The summed E-state index contributed by atoms with van der Waals surface area (Å²) in [6.07, 6.45) is 1.59. The molecule has 0 saturated carbocycles. The quantitative estimate of drug-likeness (QED) is 0.688. The number of fused-ring (bicyclic) bond motifs is 1. The molecule has 21 heavy (non-hydrogen) atoms. The Hall–Kier alpha value is -1.66. The predicted molar refractivity (Wildman–Crippen MR) is 90.3 cm³/mol. The minimum atomic E-state index is 0.574. The molecule has 0 saturated heterocycles. The molecular weight excluding hydrogens is 350 g/mol. The molecule has 0 radical (unpaired) electrons. The molecule has 3 rings (SSSR count). The highest BCUT2D eigenvalue weighted by molar-refractivity contribution is 9.10. The monoisotopic (exact) mass is 363 g/mol. The highest BCUT2D eigenvalue weighted by Crippen LogP contribution is 2.27. The van der Waals surface area contributed by atoms with Crippen LogP contribution >= 0.6 is 27.3 Å². The van der Waals surface area contributed by atoms with E-state index in [1.807, 2.05) is 24.3 Å². The normalized spacial score (nSPS) is 10.8. The minimum Gasteiger partial charge on any atom is -0.492 e. The molecule has 2 heterocycles. The van der Waals surface area contributed by atoms with Crippen LogP contribution in [-0.4, -0.2) is 23.1 Å². The first-order valence-corrected chi connectivity index (χ1v) is 8.17. The van der Waals surface area contributed by atoms with Crippen LogP contribution in [0.2, 0.25) is 0 Å². The maximum atomic E-state index is 5.69. The summed E-state index contributed by atoms with van der Waals surface area (Å²) >= 11 is 5.10. The molecule has 0 fully saturated rings. The van der Waals surface area contributed by atoms with Crippen LogP contribution in [0.5, 0.6) is 5.75 Å². The SMILES string of the molecule is Cc1cc2c(NCCOc3cccc(Br)c3)ncnc2s1. The molecule has 0 spiro atoms. The highest BCUT2D eigenvalue weighted by Gasteiger charge is 2.06. The van der Waals surface area contributed by atoms with Crippen molar-refractivity contribution in [3.8, 4) is 5.75 Å². The third kappa shape index (κ3) is 3.51. The molecule has 3 aromatic rings. The highest BCUT2D eigenvalue weighted by atomic mass is 79.9. The maximum absolute atomic E-state index is 5.69. The van der Waals surface area contributed by atoms with E-state index in [4.69, 9.17) is 4.74 Å². The summed E-state index contributed by atoms with van der Waals surface area (Å²) in [7, 11) is 0. The lowest BCUT2D eigenvalue weighted by atomic mass is 10.3. The van der Waals surface area contributed by atoms with Crippen molar-refractivity contribution in [3.63, 3.8) is 0 Å². The van der Waals surface area contributed by atoms with E-state index >= 15 is 0 Å². The van der Waals surface area contributed by atoms with E-state index in [9.17, 15) is 0 Å². The van der Waals surface area contributed by atoms with Gasteiger partial charge in [-0.1, -0.05) is 22.0 Å². The van der Waals surface area contributed by atoms with Gasteiger partial charge in [-0.2, -0.15) is 0 Å². The number of hydrogen-bond donors (Lipinski definition) is 1. The van der Waals surface area contributed by atoms with Crippen molar-refractivity contribution >= 4 is 43.3 Å². The van der Waals surface area contributed by atoms with Crippen LogP contribution in [0.3, 0.4) is 0 Å². The fourth-order valence-electron chi connectivity index (χ4n) is 2.01. The minimum absolute atomic E-state index is 0.574. The lowest BCUT2D eigenvalue weighted by molar-refractivity contribution is 0.332. The second-order valence-electron chi connectivity index (χ2n) is 4.53. The Bertz CT molecular complexity index is 760. The maximum Gasteiger partial charge on any atom is 0.138 e. The van der Waals surface area contributed by atoms with Gasteiger partial charge in [-0.15, -0.1) is 11.3 Å². The van der Waals surface area contributed by atoms with Crippen molar-refractivity contribution in [1.82, 2.24) is 9.97 Å². The molecule has 0 unspecified atom stereocenters. The molecule has 0 aliphatic heterocycles. The third-order valence-electron chi connectivity index (χ3n) is 2.91. The average molecular weight is 364 g/mol. The van der Waals surface area contributed by atoms with Gasteiger partial charge in [0.05, 0.1) is 11.9 Å². The van der Waals surface area contributed by atoms with Gasteiger partial charge < -0.3 is 10.1 Å². The number of halogens is 1. The first kappa shape index (κ1) is 14.3. The lowest BCUT2D eigenvalue weighted by Gasteiger charge is -2.08. The van der Waals surface area contributed by atoms with Gasteiger partial charge in [-0.05, 0) is 31.2 Å². The topological polar surface area (TPSA) is 47.0 Å². The number of thiophene rings is 1. The summed E-state index contributed by atoms with van der Waals surface area (Å²) in [4.78, 5) is 10.8. The molecule has 108 valence electrons. The van der Waals surface area contributed by atoms with E-state index in [1.54, 1.807) is 17.7 Å². The van der Waals surface area contributed by atoms with Crippen LogP contribution in [0.25, 0.3) is 10.2 Å². The van der Waals surface area contributed by atoms with Crippen molar-refractivity contribution in [3.05, 3.63) is 46.0 Å². The predicted octanol–water partition coefficient (Wildman–Crippen LogP) is 4.25. The largest absolute Gasteiger partial charge is 0.492 e. The summed E-state index contributed by atoms with van der Waals surface area (Å²) < 4.78 is 6.71. The zero-order valence-corrected chi connectivity index (χ0v) is 13.9. The van der Waals surface area contributed by atoms with Gasteiger partial charge >= 0.3 is 0 Å². The molecule has 0 aliphatic rings. The Kier molecular flexibility index (Phi) is 4.36. The lowest BCUT2D eigenvalue weighted by Crippen LogP contribution is -2.12. The third-order valence-corrected chi connectivity index (χ3v) is 4.36. The van der Waals surface area contributed by atoms with E-state index in [2.05, 4.69) is 44.2 Å². The Labute approximate surface area is 135 Å². The van der Waals surface area contributed by atoms with Gasteiger partial charge in [-0.3, -0.25) is 0 Å². The van der Waals surface area contributed by atoms with Gasteiger partial charge in [0.2, 0.25) is 0 Å². The van der Waals surface area contributed by atoms with E-state index in [-0.39, 0.29) is 0 Å². The summed E-state index contributed by atoms with van der Waals surface area (Å²) in [6.45, 7) is 3.34. The van der Waals surface area contributed by atoms with Gasteiger partial charge in [0.15, 0.2) is 0 Å². The molecule has 0 amide bonds. The average Bonchev–Trinajstić information content (AvgIpc) is 2.84.